The second kappa shape index (κ2) is 13.2. The molecule has 2 heterocycles. The van der Waals surface area contributed by atoms with Crippen LogP contribution in [-0.4, -0.2) is 72.6 Å². The lowest BCUT2D eigenvalue weighted by Crippen LogP contribution is -2.43. The predicted octanol–water partition coefficient (Wildman–Crippen LogP) is 4.57. The van der Waals surface area contributed by atoms with E-state index in [1.54, 1.807) is 11.0 Å². The summed E-state index contributed by atoms with van der Waals surface area (Å²) >= 11 is 0. The van der Waals surface area contributed by atoms with Crippen molar-refractivity contribution in [2.75, 3.05) is 46.0 Å². The molecular formula is C30H36N2O5. The number of benzene rings is 2. The van der Waals surface area contributed by atoms with Crippen molar-refractivity contribution in [3.8, 4) is 5.75 Å². The SMILES string of the molecule is CCCCCOc1cccc(C2C(C(=O)/C=C/c3ccccc3)=C(O)C(=O)N2CCN2CCOCC2)c1. The fraction of sp³-hybridized carbons (Fsp3) is 0.400. The number of aliphatic hydroxyl groups excluding tert-OH is 1. The topological polar surface area (TPSA) is 79.3 Å². The van der Waals surface area contributed by atoms with Gasteiger partial charge in [0.2, 0.25) is 0 Å². The molecule has 1 unspecified atom stereocenters. The van der Waals surface area contributed by atoms with Crippen molar-refractivity contribution in [3.63, 3.8) is 0 Å². The number of unbranched alkanes of at least 4 members (excludes halogenated alkanes) is 2. The lowest BCUT2D eigenvalue weighted by molar-refractivity contribution is -0.129. The van der Waals surface area contributed by atoms with Crippen molar-refractivity contribution in [1.29, 1.82) is 0 Å². The molecule has 2 aromatic carbocycles. The summed E-state index contributed by atoms with van der Waals surface area (Å²) in [6, 6.07) is 16.3. The Morgan fingerprint density at radius 1 is 1.08 bits per heavy atom. The third kappa shape index (κ3) is 6.87. The lowest BCUT2D eigenvalue weighted by atomic mass is 9.95. The lowest BCUT2D eigenvalue weighted by Gasteiger charge is -2.31. The maximum Gasteiger partial charge on any atom is 0.290 e. The van der Waals surface area contributed by atoms with Crippen molar-refractivity contribution < 1.29 is 24.2 Å². The minimum atomic E-state index is -0.694. The van der Waals surface area contributed by atoms with Crippen molar-refractivity contribution in [1.82, 2.24) is 9.80 Å². The Labute approximate surface area is 219 Å². The van der Waals surface area contributed by atoms with Crippen LogP contribution in [-0.2, 0) is 14.3 Å². The minimum absolute atomic E-state index is 0.0993. The van der Waals surface area contributed by atoms with Crippen LogP contribution in [0.1, 0.15) is 43.4 Å². The summed E-state index contributed by atoms with van der Waals surface area (Å²) < 4.78 is 11.4. The summed E-state index contributed by atoms with van der Waals surface area (Å²) in [4.78, 5) is 30.5. The van der Waals surface area contributed by atoms with Crippen molar-refractivity contribution in [2.24, 2.45) is 0 Å². The summed E-state index contributed by atoms with van der Waals surface area (Å²) in [5.74, 6) is -0.706. The van der Waals surface area contributed by atoms with E-state index in [1.807, 2.05) is 54.6 Å². The normalized spacial score (nSPS) is 18.7. The molecule has 0 aliphatic carbocycles. The fourth-order valence-corrected chi connectivity index (χ4v) is 4.70. The summed E-state index contributed by atoms with van der Waals surface area (Å²) in [5.41, 5.74) is 1.70. The Balaban J connectivity index is 1.60. The van der Waals surface area contributed by atoms with Gasteiger partial charge in [-0.25, -0.2) is 0 Å². The average molecular weight is 505 g/mol. The summed E-state index contributed by atoms with van der Waals surface area (Å²) in [5, 5.41) is 10.9. The molecule has 0 bridgehead atoms. The highest BCUT2D eigenvalue weighted by atomic mass is 16.5. The first kappa shape index (κ1) is 26.6. The molecule has 4 rings (SSSR count). The highest BCUT2D eigenvalue weighted by Crippen LogP contribution is 2.39. The van der Waals surface area contributed by atoms with Crippen LogP contribution in [0.5, 0.6) is 5.75 Å². The van der Waals surface area contributed by atoms with Crippen molar-refractivity contribution >= 4 is 17.8 Å². The van der Waals surface area contributed by atoms with Gasteiger partial charge in [-0.3, -0.25) is 14.5 Å². The fourth-order valence-electron chi connectivity index (χ4n) is 4.70. The molecule has 2 aliphatic rings. The van der Waals surface area contributed by atoms with E-state index in [-0.39, 0.29) is 11.4 Å². The van der Waals surface area contributed by atoms with Gasteiger partial charge in [0.1, 0.15) is 5.75 Å². The zero-order chi connectivity index (χ0) is 26.0. The van der Waals surface area contributed by atoms with Crippen molar-refractivity contribution in [2.45, 2.75) is 32.2 Å². The van der Waals surface area contributed by atoms with Gasteiger partial charge in [0.05, 0.1) is 31.4 Å². The highest BCUT2D eigenvalue weighted by Gasteiger charge is 2.43. The molecular weight excluding hydrogens is 468 g/mol. The van der Waals surface area contributed by atoms with Gasteiger partial charge in [-0.1, -0.05) is 68.3 Å². The number of amides is 1. The molecule has 37 heavy (non-hydrogen) atoms. The third-order valence-electron chi connectivity index (χ3n) is 6.75. The first-order valence-corrected chi connectivity index (χ1v) is 13.1. The number of morpholine rings is 1. The number of carbonyl (C=O) groups excluding carboxylic acids is 2. The number of ether oxygens (including phenoxy) is 2. The molecule has 1 fully saturated rings. The van der Waals surface area contributed by atoms with E-state index >= 15 is 0 Å². The molecule has 7 nitrogen and oxygen atoms in total. The molecule has 0 spiro atoms. The molecule has 1 saturated heterocycles. The standard InChI is InChI=1S/C30H36N2O5/c1-2-3-7-19-37-25-12-8-11-24(22-25)28-27(26(33)14-13-23-9-5-4-6-10-23)29(34)30(35)32(28)16-15-31-17-20-36-21-18-31/h4-6,8-14,22,28,34H,2-3,7,15-21H2,1H3/b14-13+. The second-order valence-electron chi connectivity index (χ2n) is 9.35. The molecule has 1 N–H and O–H groups in total. The number of rotatable bonds is 12. The molecule has 7 heteroatoms. The molecule has 0 radical (unpaired) electrons. The van der Waals surface area contributed by atoms with E-state index in [0.717, 1.165) is 43.5 Å². The minimum Gasteiger partial charge on any atom is -0.503 e. The number of hydrogen-bond donors (Lipinski definition) is 1. The van der Waals surface area contributed by atoms with E-state index in [1.165, 1.54) is 6.08 Å². The van der Waals surface area contributed by atoms with E-state index < -0.39 is 17.7 Å². The molecule has 1 amide bonds. The molecule has 196 valence electrons. The van der Waals surface area contributed by atoms with Crippen molar-refractivity contribution in [3.05, 3.63) is 83.1 Å². The van der Waals surface area contributed by atoms with Crippen LogP contribution in [0.25, 0.3) is 6.08 Å². The molecule has 2 aromatic rings. The van der Waals surface area contributed by atoms with E-state index in [0.29, 0.717) is 38.7 Å². The van der Waals surface area contributed by atoms with Gasteiger partial charge < -0.3 is 19.5 Å². The number of allylic oxidation sites excluding steroid dienone is 1. The van der Waals surface area contributed by atoms with Gasteiger partial charge in [0.15, 0.2) is 11.5 Å². The van der Waals surface area contributed by atoms with Gasteiger partial charge in [0, 0.05) is 26.2 Å². The van der Waals surface area contributed by atoms with Crippen LogP contribution >= 0.6 is 0 Å². The van der Waals surface area contributed by atoms with Gasteiger partial charge in [-0.05, 0) is 35.8 Å². The quantitative estimate of drug-likeness (QED) is 0.337. The van der Waals surface area contributed by atoms with E-state index in [2.05, 4.69) is 11.8 Å². The van der Waals surface area contributed by atoms with Crippen LogP contribution in [0.2, 0.25) is 0 Å². The highest BCUT2D eigenvalue weighted by molar-refractivity contribution is 6.14. The zero-order valence-electron chi connectivity index (χ0n) is 21.5. The zero-order valence-corrected chi connectivity index (χ0v) is 21.5. The Morgan fingerprint density at radius 3 is 2.62 bits per heavy atom. The Kier molecular flexibility index (Phi) is 9.52. The Hall–Kier alpha value is -3.42. The molecule has 0 aromatic heterocycles. The number of aliphatic hydroxyl groups is 1. The van der Waals surface area contributed by atoms with Crippen LogP contribution in [0, 0.1) is 0 Å². The molecule has 0 saturated carbocycles. The summed E-state index contributed by atoms with van der Waals surface area (Å²) in [6.45, 7) is 6.67. The first-order valence-electron chi connectivity index (χ1n) is 13.1. The largest absolute Gasteiger partial charge is 0.503 e. The van der Waals surface area contributed by atoms with Crippen LogP contribution in [0.3, 0.4) is 0 Å². The average Bonchev–Trinajstić information content (AvgIpc) is 3.19. The number of carbonyl (C=O) groups is 2. The molecule has 1 atom stereocenters. The summed E-state index contributed by atoms with van der Waals surface area (Å²) in [6.07, 6.45) is 6.29. The van der Waals surface area contributed by atoms with Crippen LogP contribution < -0.4 is 4.74 Å². The first-order chi connectivity index (χ1) is 18.1. The van der Waals surface area contributed by atoms with Gasteiger partial charge in [-0.2, -0.15) is 0 Å². The van der Waals surface area contributed by atoms with E-state index in [4.69, 9.17) is 9.47 Å². The van der Waals surface area contributed by atoms with Crippen LogP contribution in [0.15, 0.2) is 72.0 Å². The molecule has 2 aliphatic heterocycles. The van der Waals surface area contributed by atoms with Gasteiger partial charge >= 0.3 is 0 Å². The summed E-state index contributed by atoms with van der Waals surface area (Å²) in [7, 11) is 0. The number of nitrogens with zero attached hydrogens (tertiary/aromatic N) is 2. The van der Waals surface area contributed by atoms with Gasteiger partial charge in [0.25, 0.3) is 5.91 Å². The number of ketones is 1. The second-order valence-corrected chi connectivity index (χ2v) is 9.35. The monoisotopic (exact) mass is 504 g/mol. The van der Waals surface area contributed by atoms with Crippen LogP contribution in [0.4, 0.5) is 0 Å². The Bertz CT molecular complexity index is 1120. The Morgan fingerprint density at radius 2 is 1.86 bits per heavy atom. The smallest absolute Gasteiger partial charge is 0.290 e. The maximum atomic E-state index is 13.4. The van der Waals surface area contributed by atoms with Gasteiger partial charge in [-0.15, -0.1) is 0 Å². The predicted molar refractivity (Wildman–Crippen MR) is 143 cm³/mol. The maximum absolute atomic E-state index is 13.4. The number of hydrogen-bond acceptors (Lipinski definition) is 6. The third-order valence-corrected chi connectivity index (χ3v) is 6.75. The van der Waals surface area contributed by atoms with E-state index in [9.17, 15) is 14.7 Å².